The van der Waals surface area contributed by atoms with E-state index in [1.54, 1.807) is 6.20 Å². The van der Waals surface area contributed by atoms with Crippen LogP contribution in [0.3, 0.4) is 0 Å². The smallest absolute Gasteiger partial charge is 0.0762 e. The van der Waals surface area contributed by atoms with Crippen molar-refractivity contribution in [3.05, 3.63) is 63.9 Å². The van der Waals surface area contributed by atoms with Crippen LogP contribution in [-0.2, 0) is 6.42 Å². The quantitative estimate of drug-likeness (QED) is 0.890. The van der Waals surface area contributed by atoms with Crippen molar-refractivity contribution in [3.63, 3.8) is 0 Å². The van der Waals surface area contributed by atoms with Crippen LogP contribution >= 0.6 is 23.2 Å². The number of rotatable bonds is 5. The van der Waals surface area contributed by atoms with Crippen molar-refractivity contribution in [2.24, 2.45) is 0 Å². The Morgan fingerprint density at radius 2 is 1.89 bits per heavy atom. The van der Waals surface area contributed by atoms with Gasteiger partial charge in [0, 0.05) is 11.2 Å². The third kappa shape index (κ3) is 3.93. The fraction of sp³-hybridized carbons (Fsp3) is 0.267. The average Bonchev–Trinajstić information content (AvgIpc) is 2.41. The molecule has 0 saturated carbocycles. The molecule has 0 aliphatic heterocycles. The molecule has 1 unspecified atom stereocenters. The van der Waals surface area contributed by atoms with E-state index in [1.807, 2.05) is 36.4 Å². The molecule has 4 heteroatoms. The molecule has 0 aliphatic carbocycles. The van der Waals surface area contributed by atoms with Gasteiger partial charge in [0.2, 0.25) is 0 Å². The topological polar surface area (TPSA) is 24.9 Å². The molecule has 0 spiro atoms. The summed E-state index contributed by atoms with van der Waals surface area (Å²) in [6.07, 6.45) is 2.61. The number of aromatic nitrogens is 1. The summed E-state index contributed by atoms with van der Waals surface area (Å²) < 4.78 is 0. The molecule has 0 fully saturated rings. The van der Waals surface area contributed by atoms with Gasteiger partial charge in [0.05, 0.1) is 16.8 Å². The van der Waals surface area contributed by atoms with Gasteiger partial charge in [-0.1, -0.05) is 42.3 Å². The van der Waals surface area contributed by atoms with Gasteiger partial charge in [0.25, 0.3) is 0 Å². The maximum absolute atomic E-state index is 6.22. The normalized spacial score (nSPS) is 12.4. The first-order valence-corrected chi connectivity index (χ1v) is 7.04. The second-order valence-corrected chi connectivity index (χ2v) is 5.15. The SMILES string of the molecule is CCNC(Cc1ccc(Cl)cc1)c1ncccc1Cl. The largest absolute Gasteiger partial charge is 0.309 e. The summed E-state index contributed by atoms with van der Waals surface area (Å²) in [5.41, 5.74) is 2.10. The van der Waals surface area contributed by atoms with Crippen LogP contribution in [0.5, 0.6) is 0 Å². The maximum atomic E-state index is 6.22. The molecule has 2 aromatic rings. The first-order chi connectivity index (χ1) is 9.20. The highest BCUT2D eigenvalue weighted by Crippen LogP contribution is 2.24. The molecule has 0 saturated heterocycles. The van der Waals surface area contributed by atoms with Crippen molar-refractivity contribution in [1.82, 2.24) is 10.3 Å². The van der Waals surface area contributed by atoms with Gasteiger partial charge in [0.15, 0.2) is 0 Å². The summed E-state index contributed by atoms with van der Waals surface area (Å²) in [6.45, 7) is 2.94. The molecule has 2 rings (SSSR count). The number of hydrogen-bond acceptors (Lipinski definition) is 2. The number of pyridine rings is 1. The Morgan fingerprint density at radius 3 is 2.53 bits per heavy atom. The number of nitrogens with zero attached hydrogens (tertiary/aromatic N) is 1. The number of halogens is 2. The second kappa shape index (κ2) is 6.90. The minimum Gasteiger partial charge on any atom is -0.309 e. The summed E-state index contributed by atoms with van der Waals surface area (Å²) in [5, 5.41) is 4.87. The number of nitrogens with one attached hydrogen (secondary N) is 1. The van der Waals surface area contributed by atoms with Gasteiger partial charge in [-0.25, -0.2) is 0 Å². The highest BCUT2D eigenvalue weighted by Gasteiger charge is 2.15. The van der Waals surface area contributed by atoms with Gasteiger partial charge in [0.1, 0.15) is 0 Å². The van der Waals surface area contributed by atoms with Crippen molar-refractivity contribution >= 4 is 23.2 Å². The van der Waals surface area contributed by atoms with Gasteiger partial charge in [-0.3, -0.25) is 4.98 Å². The molecule has 2 nitrogen and oxygen atoms in total. The lowest BCUT2D eigenvalue weighted by Crippen LogP contribution is -2.24. The van der Waals surface area contributed by atoms with E-state index in [1.165, 1.54) is 5.56 Å². The number of likely N-dealkylation sites (N-methyl/N-ethyl adjacent to an activating group) is 1. The fourth-order valence-corrected chi connectivity index (χ4v) is 2.40. The van der Waals surface area contributed by atoms with Crippen LogP contribution in [0.15, 0.2) is 42.6 Å². The van der Waals surface area contributed by atoms with Crippen LogP contribution in [0.25, 0.3) is 0 Å². The highest BCUT2D eigenvalue weighted by atomic mass is 35.5. The zero-order chi connectivity index (χ0) is 13.7. The summed E-state index contributed by atoms with van der Waals surface area (Å²) in [5.74, 6) is 0. The Bertz CT molecular complexity index is 526. The Morgan fingerprint density at radius 1 is 1.16 bits per heavy atom. The molecular formula is C15H16Cl2N2. The van der Waals surface area contributed by atoms with E-state index in [2.05, 4.69) is 17.2 Å². The summed E-state index contributed by atoms with van der Waals surface area (Å²) in [6, 6.07) is 11.7. The van der Waals surface area contributed by atoms with Gasteiger partial charge in [-0.05, 0) is 42.8 Å². The lowest BCUT2D eigenvalue weighted by molar-refractivity contribution is 0.537. The fourth-order valence-electron chi connectivity index (χ4n) is 2.02. The molecule has 1 heterocycles. The minimum absolute atomic E-state index is 0.111. The monoisotopic (exact) mass is 294 g/mol. The van der Waals surface area contributed by atoms with Gasteiger partial charge in [-0.2, -0.15) is 0 Å². The van der Waals surface area contributed by atoms with E-state index in [9.17, 15) is 0 Å². The zero-order valence-electron chi connectivity index (χ0n) is 10.7. The molecule has 0 aliphatic rings. The third-order valence-corrected chi connectivity index (χ3v) is 3.49. The number of benzene rings is 1. The molecule has 1 atom stereocenters. The predicted molar refractivity (Wildman–Crippen MR) is 80.8 cm³/mol. The zero-order valence-corrected chi connectivity index (χ0v) is 12.2. The van der Waals surface area contributed by atoms with E-state index in [4.69, 9.17) is 23.2 Å². The Labute approximate surface area is 123 Å². The number of hydrogen-bond donors (Lipinski definition) is 1. The predicted octanol–water partition coefficient (Wildman–Crippen LogP) is 4.28. The van der Waals surface area contributed by atoms with Crippen LogP contribution in [0.1, 0.15) is 24.2 Å². The van der Waals surface area contributed by atoms with Crippen LogP contribution in [0.2, 0.25) is 10.0 Å². The van der Waals surface area contributed by atoms with Crippen molar-refractivity contribution in [1.29, 1.82) is 0 Å². The van der Waals surface area contributed by atoms with Crippen LogP contribution in [-0.4, -0.2) is 11.5 Å². The Balaban J connectivity index is 2.21. The maximum Gasteiger partial charge on any atom is 0.0762 e. The highest BCUT2D eigenvalue weighted by molar-refractivity contribution is 6.31. The van der Waals surface area contributed by atoms with Crippen LogP contribution < -0.4 is 5.32 Å². The van der Waals surface area contributed by atoms with Crippen LogP contribution in [0.4, 0.5) is 0 Å². The molecule has 19 heavy (non-hydrogen) atoms. The van der Waals surface area contributed by atoms with Gasteiger partial charge < -0.3 is 5.32 Å². The van der Waals surface area contributed by atoms with E-state index >= 15 is 0 Å². The molecule has 0 amide bonds. The van der Waals surface area contributed by atoms with Gasteiger partial charge >= 0.3 is 0 Å². The van der Waals surface area contributed by atoms with E-state index < -0.39 is 0 Å². The molecule has 100 valence electrons. The average molecular weight is 295 g/mol. The van der Waals surface area contributed by atoms with Gasteiger partial charge in [-0.15, -0.1) is 0 Å². The van der Waals surface area contributed by atoms with E-state index in [0.29, 0.717) is 5.02 Å². The second-order valence-electron chi connectivity index (χ2n) is 4.31. The summed E-state index contributed by atoms with van der Waals surface area (Å²) in [4.78, 5) is 4.39. The van der Waals surface area contributed by atoms with Crippen molar-refractivity contribution in [3.8, 4) is 0 Å². The molecular weight excluding hydrogens is 279 g/mol. The third-order valence-electron chi connectivity index (χ3n) is 2.92. The van der Waals surface area contributed by atoms with Crippen molar-refractivity contribution in [2.75, 3.05) is 6.54 Å². The van der Waals surface area contributed by atoms with E-state index in [-0.39, 0.29) is 6.04 Å². The standard InChI is InChI=1S/C15H16Cl2N2/c1-2-18-14(15-13(17)4-3-9-19-15)10-11-5-7-12(16)8-6-11/h3-9,14,18H,2,10H2,1H3. The molecule has 1 aromatic heterocycles. The molecule has 1 N–H and O–H groups in total. The van der Waals surface area contributed by atoms with Crippen LogP contribution in [0, 0.1) is 0 Å². The summed E-state index contributed by atoms with van der Waals surface area (Å²) in [7, 11) is 0. The molecule has 0 radical (unpaired) electrons. The first-order valence-electron chi connectivity index (χ1n) is 6.29. The lowest BCUT2D eigenvalue weighted by atomic mass is 10.0. The Hall–Kier alpha value is -1.09. The molecule has 1 aromatic carbocycles. The molecule has 0 bridgehead atoms. The summed E-state index contributed by atoms with van der Waals surface area (Å²) >= 11 is 12.1. The Kier molecular flexibility index (Phi) is 5.20. The van der Waals surface area contributed by atoms with Crippen molar-refractivity contribution in [2.45, 2.75) is 19.4 Å². The van der Waals surface area contributed by atoms with E-state index in [0.717, 1.165) is 23.7 Å². The van der Waals surface area contributed by atoms with Crippen molar-refractivity contribution < 1.29 is 0 Å². The first kappa shape index (κ1) is 14.3. The lowest BCUT2D eigenvalue weighted by Gasteiger charge is -2.18. The minimum atomic E-state index is 0.111.